The van der Waals surface area contributed by atoms with Gasteiger partial charge in [-0.15, -0.1) is 0 Å². The van der Waals surface area contributed by atoms with E-state index in [4.69, 9.17) is 5.73 Å². The van der Waals surface area contributed by atoms with Crippen LogP contribution in [0, 0.1) is 0 Å². The van der Waals surface area contributed by atoms with Crippen molar-refractivity contribution < 1.29 is 18.0 Å². The van der Waals surface area contributed by atoms with E-state index >= 15 is 0 Å². The van der Waals surface area contributed by atoms with E-state index in [9.17, 15) is 18.0 Å². The first kappa shape index (κ1) is 17.4. The average Bonchev–Trinajstić information content (AvgIpc) is 2.74. The topological polar surface area (TPSA) is 51.3 Å². The zero-order valence-corrected chi connectivity index (χ0v) is 12.6. The number of nitrogens with two attached hydrogens (primary N) is 1. The molecule has 1 rings (SSSR count). The molecule has 7 heteroatoms. The van der Waals surface area contributed by atoms with Crippen LogP contribution in [0.3, 0.4) is 0 Å². The fraction of sp³-hybridized carbons (Fsp3) is 0.643. The first-order valence-electron chi connectivity index (χ1n) is 6.99. The largest absolute Gasteiger partial charge is 0.406 e. The van der Waals surface area contributed by atoms with E-state index in [1.807, 2.05) is 20.8 Å². The molecule has 21 heavy (non-hydrogen) atoms. The molecule has 4 nitrogen and oxygen atoms in total. The van der Waals surface area contributed by atoms with Gasteiger partial charge in [-0.1, -0.05) is 13.3 Å². The number of unbranched alkanes of at least 4 members (excludes halogenated alkanes) is 1. The summed E-state index contributed by atoms with van der Waals surface area (Å²) in [6.45, 7) is 4.39. The summed E-state index contributed by atoms with van der Waals surface area (Å²) in [5.74, 6) is -0.633. The SMILES string of the molecule is CCCCN(CC(F)(F)F)C(=O)c1cc(N)cn1C(C)C. The Hall–Kier alpha value is -1.66. The van der Waals surface area contributed by atoms with Gasteiger partial charge in [0, 0.05) is 18.8 Å². The predicted octanol–water partition coefficient (Wildman–Crippen LogP) is 3.46. The van der Waals surface area contributed by atoms with Crippen LogP contribution in [-0.4, -0.2) is 34.6 Å². The third-order valence-electron chi connectivity index (χ3n) is 3.08. The molecule has 1 heterocycles. The summed E-state index contributed by atoms with van der Waals surface area (Å²) in [7, 11) is 0. The molecule has 0 aromatic carbocycles. The molecule has 1 amide bonds. The van der Waals surface area contributed by atoms with Crippen molar-refractivity contribution in [1.82, 2.24) is 9.47 Å². The molecule has 2 N–H and O–H groups in total. The first-order valence-corrected chi connectivity index (χ1v) is 6.99. The van der Waals surface area contributed by atoms with Crippen molar-refractivity contribution in [3.8, 4) is 0 Å². The Morgan fingerprint density at radius 2 is 2.05 bits per heavy atom. The molecule has 0 saturated heterocycles. The van der Waals surface area contributed by atoms with E-state index in [0.717, 1.165) is 11.3 Å². The standard InChI is InChI=1S/C14H22F3N3O/c1-4-5-6-19(9-14(15,16)17)13(21)12-7-11(18)8-20(12)10(2)3/h7-8,10H,4-6,9,18H2,1-3H3. The van der Waals surface area contributed by atoms with Gasteiger partial charge in [0.1, 0.15) is 12.2 Å². The van der Waals surface area contributed by atoms with Crippen LogP contribution in [-0.2, 0) is 0 Å². The Bertz CT molecular complexity index is 480. The van der Waals surface area contributed by atoms with Gasteiger partial charge in [0.25, 0.3) is 5.91 Å². The third kappa shape index (κ3) is 4.99. The van der Waals surface area contributed by atoms with E-state index < -0.39 is 18.6 Å². The third-order valence-corrected chi connectivity index (χ3v) is 3.08. The summed E-state index contributed by atoms with van der Waals surface area (Å²) in [4.78, 5) is 13.3. The number of hydrogen-bond acceptors (Lipinski definition) is 2. The summed E-state index contributed by atoms with van der Waals surface area (Å²) in [5.41, 5.74) is 6.24. The van der Waals surface area contributed by atoms with Gasteiger partial charge in [0.2, 0.25) is 0 Å². The Labute approximate surface area is 122 Å². The molecule has 0 spiro atoms. The molecule has 0 saturated carbocycles. The van der Waals surface area contributed by atoms with Gasteiger partial charge in [0.15, 0.2) is 0 Å². The number of nitrogens with zero attached hydrogens (tertiary/aromatic N) is 2. The molecule has 1 aromatic heterocycles. The van der Waals surface area contributed by atoms with Gasteiger partial charge in [-0.2, -0.15) is 13.2 Å². The highest BCUT2D eigenvalue weighted by Crippen LogP contribution is 2.22. The average molecular weight is 305 g/mol. The van der Waals surface area contributed by atoms with E-state index in [1.165, 1.54) is 6.07 Å². The van der Waals surface area contributed by atoms with Crippen molar-refractivity contribution in [3.05, 3.63) is 18.0 Å². The lowest BCUT2D eigenvalue weighted by molar-refractivity contribution is -0.140. The summed E-state index contributed by atoms with van der Waals surface area (Å²) >= 11 is 0. The predicted molar refractivity (Wildman–Crippen MR) is 76.1 cm³/mol. The number of anilines is 1. The normalized spacial score (nSPS) is 12.0. The van der Waals surface area contributed by atoms with E-state index in [0.29, 0.717) is 12.1 Å². The molecule has 0 atom stereocenters. The highest BCUT2D eigenvalue weighted by atomic mass is 19.4. The minimum atomic E-state index is -4.41. The number of alkyl halides is 3. The number of rotatable bonds is 6. The second-order valence-corrected chi connectivity index (χ2v) is 5.36. The van der Waals surface area contributed by atoms with Gasteiger partial charge in [-0.05, 0) is 26.3 Å². The Kier molecular flexibility index (Phi) is 5.69. The Balaban J connectivity index is 3.04. The number of hydrogen-bond donors (Lipinski definition) is 1. The van der Waals surface area contributed by atoms with E-state index in [1.54, 1.807) is 10.8 Å². The number of aromatic nitrogens is 1. The molecule has 0 fully saturated rings. The highest BCUT2D eigenvalue weighted by molar-refractivity contribution is 5.94. The van der Waals surface area contributed by atoms with Gasteiger partial charge in [-0.3, -0.25) is 4.79 Å². The zero-order valence-electron chi connectivity index (χ0n) is 12.6. The smallest absolute Gasteiger partial charge is 0.397 e. The Morgan fingerprint density at radius 1 is 1.43 bits per heavy atom. The molecule has 0 bridgehead atoms. The Morgan fingerprint density at radius 3 is 2.52 bits per heavy atom. The van der Waals surface area contributed by atoms with Crippen LogP contribution < -0.4 is 5.73 Å². The quantitative estimate of drug-likeness (QED) is 0.875. The molecule has 0 aliphatic rings. The van der Waals surface area contributed by atoms with Crippen molar-refractivity contribution in [2.24, 2.45) is 0 Å². The van der Waals surface area contributed by atoms with Crippen LogP contribution in [0.5, 0.6) is 0 Å². The first-order chi connectivity index (χ1) is 9.65. The lowest BCUT2D eigenvalue weighted by Crippen LogP contribution is -2.40. The van der Waals surface area contributed by atoms with Gasteiger partial charge in [-0.25, -0.2) is 0 Å². The second-order valence-electron chi connectivity index (χ2n) is 5.36. The van der Waals surface area contributed by atoms with Crippen LogP contribution >= 0.6 is 0 Å². The molecule has 120 valence electrons. The lowest BCUT2D eigenvalue weighted by Gasteiger charge is -2.25. The van der Waals surface area contributed by atoms with E-state index in [2.05, 4.69) is 0 Å². The molecule has 1 aromatic rings. The highest BCUT2D eigenvalue weighted by Gasteiger charge is 2.34. The minimum absolute atomic E-state index is 0.0554. The zero-order chi connectivity index (χ0) is 16.2. The molecular formula is C14H22F3N3O. The molecule has 0 radical (unpaired) electrons. The van der Waals surface area contributed by atoms with Crippen molar-refractivity contribution in [2.45, 2.75) is 45.8 Å². The summed E-state index contributed by atoms with van der Waals surface area (Å²) in [6, 6.07) is 1.37. The number of carbonyl (C=O) groups is 1. The van der Waals surface area contributed by atoms with Crippen molar-refractivity contribution in [2.75, 3.05) is 18.8 Å². The summed E-state index contributed by atoms with van der Waals surface area (Å²) in [6.07, 6.45) is -1.59. The van der Waals surface area contributed by atoms with Crippen LogP contribution in [0.15, 0.2) is 12.3 Å². The summed E-state index contributed by atoms with van der Waals surface area (Å²) < 4.78 is 39.5. The van der Waals surface area contributed by atoms with Crippen LogP contribution in [0.2, 0.25) is 0 Å². The van der Waals surface area contributed by atoms with Crippen LogP contribution in [0.4, 0.5) is 18.9 Å². The minimum Gasteiger partial charge on any atom is -0.397 e. The number of halogens is 3. The van der Waals surface area contributed by atoms with E-state index in [-0.39, 0.29) is 18.3 Å². The van der Waals surface area contributed by atoms with Gasteiger partial charge >= 0.3 is 6.18 Å². The maximum atomic E-state index is 12.6. The molecule has 0 aliphatic heterocycles. The second kappa shape index (κ2) is 6.87. The summed E-state index contributed by atoms with van der Waals surface area (Å²) in [5, 5.41) is 0. The molecule has 0 unspecified atom stereocenters. The number of amides is 1. The van der Waals surface area contributed by atoms with Crippen LogP contribution in [0.25, 0.3) is 0 Å². The maximum Gasteiger partial charge on any atom is 0.406 e. The lowest BCUT2D eigenvalue weighted by atomic mass is 10.2. The molecular weight excluding hydrogens is 283 g/mol. The van der Waals surface area contributed by atoms with Crippen LogP contribution in [0.1, 0.15) is 50.1 Å². The van der Waals surface area contributed by atoms with Gasteiger partial charge < -0.3 is 15.2 Å². The molecule has 0 aliphatic carbocycles. The number of carbonyl (C=O) groups excluding carboxylic acids is 1. The maximum absolute atomic E-state index is 12.6. The monoisotopic (exact) mass is 305 g/mol. The van der Waals surface area contributed by atoms with Gasteiger partial charge in [0.05, 0.1) is 5.69 Å². The fourth-order valence-corrected chi connectivity index (χ4v) is 2.08. The van der Waals surface area contributed by atoms with Crippen molar-refractivity contribution >= 4 is 11.6 Å². The van der Waals surface area contributed by atoms with Crippen molar-refractivity contribution in [3.63, 3.8) is 0 Å². The van der Waals surface area contributed by atoms with Crippen molar-refractivity contribution in [1.29, 1.82) is 0 Å². The number of nitrogen functional groups attached to an aromatic ring is 1. The fourth-order valence-electron chi connectivity index (χ4n) is 2.08.